The van der Waals surface area contributed by atoms with Crippen molar-refractivity contribution >= 4 is 29.7 Å². The van der Waals surface area contributed by atoms with E-state index in [0.717, 1.165) is 18.9 Å². The molecule has 11 N–H and O–H groups in total. The third-order valence-electron chi connectivity index (χ3n) is 5.23. The van der Waals surface area contributed by atoms with Gasteiger partial charge in [-0.05, 0) is 50.8 Å². The van der Waals surface area contributed by atoms with Crippen LogP contribution in [-0.4, -0.2) is 77.6 Å². The molecule has 0 heterocycles. The molecular weight excluding hydrogens is 496 g/mol. The number of hydrogen-bond donors (Lipinski definition) is 8. The van der Waals surface area contributed by atoms with Gasteiger partial charge in [-0.25, -0.2) is 4.79 Å². The predicted octanol–water partition coefficient (Wildman–Crippen LogP) is -0.924. The van der Waals surface area contributed by atoms with E-state index in [1.54, 1.807) is 0 Å². The predicted molar refractivity (Wildman–Crippen MR) is 142 cm³/mol. The number of aliphatic carboxylic acids is 2. The molecule has 0 saturated carbocycles. The van der Waals surface area contributed by atoms with Gasteiger partial charge < -0.3 is 43.4 Å². The van der Waals surface area contributed by atoms with Gasteiger partial charge in [-0.1, -0.05) is 36.8 Å². The minimum Gasteiger partial charge on any atom is -0.481 e. The average Bonchev–Trinajstić information content (AvgIpc) is 2.86. The number of carboxylic acid groups (broad SMARTS) is 2. The summed E-state index contributed by atoms with van der Waals surface area (Å²) in [6, 6.07) is 6.29. The Kier molecular flexibility index (Phi) is 18.6. The minimum atomic E-state index is -1.16. The summed E-state index contributed by atoms with van der Waals surface area (Å²) in [5.41, 5.74) is 17.6. The lowest BCUT2D eigenvalue weighted by molar-refractivity contribution is -0.142. The Hall–Kier alpha value is -3.55. The summed E-state index contributed by atoms with van der Waals surface area (Å²) < 4.78 is 0. The van der Waals surface area contributed by atoms with Gasteiger partial charge in [-0.15, -0.1) is 0 Å². The van der Waals surface area contributed by atoms with Crippen molar-refractivity contribution in [3.05, 3.63) is 35.9 Å². The molecule has 0 aliphatic carbocycles. The van der Waals surface area contributed by atoms with E-state index in [9.17, 15) is 24.3 Å². The van der Waals surface area contributed by atoms with E-state index >= 15 is 0 Å². The Balaban J connectivity index is 0.00000318. The van der Waals surface area contributed by atoms with Crippen LogP contribution < -0.4 is 33.2 Å². The SMILES string of the molecule is CC(=O)O.NCCCC[C@H](NC(=O)CNC(=O)[C@H](Cc1ccccc1)NC(=O)[C@@H](N)CCCCN)C(=O)O. The number of carbonyl (C=O) groups excluding carboxylic acids is 3. The molecule has 13 heteroatoms. The van der Waals surface area contributed by atoms with Crippen molar-refractivity contribution in [2.45, 2.75) is 70.0 Å². The Bertz CT molecular complexity index is 865. The topological polar surface area (TPSA) is 240 Å². The van der Waals surface area contributed by atoms with Gasteiger partial charge in [0.15, 0.2) is 0 Å². The van der Waals surface area contributed by atoms with Crippen LogP contribution in [0.4, 0.5) is 0 Å². The molecule has 0 aliphatic heterocycles. The van der Waals surface area contributed by atoms with Gasteiger partial charge in [-0.3, -0.25) is 19.2 Å². The Labute approximate surface area is 222 Å². The second kappa shape index (κ2) is 20.5. The zero-order valence-electron chi connectivity index (χ0n) is 21.9. The average molecular weight is 539 g/mol. The van der Waals surface area contributed by atoms with Crippen LogP contribution in [0.25, 0.3) is 0 Å². The summed E-state index contributed by atoms with van der Waals surface area (Å²) in [6.07, 6.45) is 3.51. The monoisotopic (exact) mass is 538 g/mol. The number of hydrogen-bond acceptors (Lipinski definition) is 8. The van der Waals surface area contributed by atoms with Crippen LogP contribution in [0.15, 0.2) is 30.3 Å². The van der Waals surface area contributed by atoms with Crippen molar-refractivity contribution in [2.75, 3.05) is 19.6 Å². The highest BCUT2D eigenvalue weighted by Gasteiger charge is 2.25. The van der Waals surface area contributed by atoms with E-state index in [2.05, 4.69) is 16.0 Å². The van der Waals surface area contributed by atoms with Gasteiger partial charge in [0.25, 0.3) is 5.97 Å². The van der Waals surface area contributed by atoms with Crippen molar-refractivity contribution in [1.82, 2.24) is 16.0 Å². The second-order valence-electron chi connectivity index (χ2n) is 8.62. The molecule has 0 aliphatic rings. The summed E-state index contributed by atoms with van der Waals surface area (Å²) in [4.78, 5) is 57.9. The van der Waals surface area contributed by atoms with Gasteiger partial charge in [0.1, 0.15) is 12.1 Å². The maximum atomic E-state index is 12.8. The molecule has 0 fully saturated rings. The lowest BCUT2D eigenvalue weighted by Crippen LogP contribution is -2.54. The first-order valence-electron chi connectivity index (χ1n) is 12.5. The first-order valence-corrected chi connectivity index (χ1v) is 12.5. The van der Waals surface area contributed by atoms with Crippen LogP contribution in [0.3, 0.4) is 0 Å². The molecule has 214 valence electrons. The van der Waals surface area contributed by atoms with Crippen molar-refractivity contribution in [3.8, 4) is 0 Å². The highest BCUT2D eigenvalue weighted by molar-refractivity contribution is 5.92. The first kappa shape index (κ1) is 34.5. The summed E-state index contributed by atoms with van der Waals surface area (Å²) in [5.74, 6) is -3.67. The number of unbranched alkanes of at least 4 members (excludes halogenated alkanes) is 2. The number of carbonyl (C=O) groups is 5. The quantitative estimate of drug-likeness (QED) is 0.113. The maximum Gasteiger partial charge on any atom is 0.326 e. The van der Waals surface area contributed by atoms with Gasteiger partial charge in [0, 0.05) is 13.3 Å². The minimum absolute atomic E-state index is 0.201. The fraction of sp³-hybridized carbons (Fsp3) is 0.560. The number of benzene rings is 1. The van der Waals surface area contributed by atoms with E-state index in [-0.39, 0.29) is 12.8 Å². The summed E-state index contributed by atoms with van der Waals surface area (Å²) >= 11 is 0. The summed E-state index contributed by atoms with van der Waals surface area (Å²) in [5, 5.41) is 24.2. The van der Waals surface area contributed by atoms with E-state index in [1.165, 1.54) is 0 Å². The zero-order valence-corrected chi connectivity index (χ0v) is 21.9. The Morgan fingerprint density at radius 3 is 1.89 bits per heavy atom. The molecule has 3 atom stereocenters. The first-order chi connectivity index (χ1) is 18.0. The van der Waals surface area contributed by atoms with Crippen LogP contribution in [0.5, 0.6) is 0 Å². The maximum absolute atomic E-state index is 12.8. The van der Waals surface area contributed by atoms with Crippen LogP contribution in [-0.2, 0) is 30.4 Å². The Morgan fingerprint density at radius 2 is 1.37 bits per heavy atom. The van der Waals surface area contributed by atoms with Crippen LogP contribution in [0, 0.1) is 0 Å². The van der Waals surface area contributed by atoms with Crippen LogP contribution in [0.2, 0.25) is 0 Å². The number of nitrogens with one attached hydrogen (secondary N) is 3. The summed E-state index contributed by atoms with van der Waals surface area (Å²) in [6.45, 7) is 1.59. The van der Waals surface area contributed by atoms with Crippen LogP contribution >= 0.6 is 0 Å². The molecule has 38 heavy (non-hydrogen) atoms. The standard InChI is InChI=1S/C23H38N6O5.C2H4O2/c24-12-6-4-10-17(26)21(31)29-19(14-16-8-2-1-3-9-16)22(32)27-15-20(30)28-18(23(33)34)11-5-7-13-25;1-2(3)4/h1-3,8-9,17-19H,4-7,10-15,24-26H2,(H,27,32)(H,28,30)(H,29,31)(H,33,34);1H3,(H,3,4)/t17-,18-,19-;/m0./s1. The fourth-order valence-electron chi connectivity index (χ4n) is 3.26. The lowest BCUT2D eigenvalue weighted by Gasteiger charge is -2.21. The third kappa shape index (κ3) is 17.0. The molecule has 1 rings (SSSR count). The van der Waals surface area contributed by atoms with E-state index in [0.29, 0.717) is 38.8 Å². The van der Waals surface area contributed by atoms with E-state index in [4.69, 9.17) is 27.1 Å². The molecule has 1 aromatic rings. The lowest BCUT2D eigenvalue weighted by atomic mass is 10.0. The molecule has 0 aromatic heterocycles. The molecule has 13 nitrogen and oxygen atoms in total. The molecule has 0 saturated heterocycles. The van der Waals surface area contributed by atoms with Crippen molar-refractivity contribution in [2.24, 2.45) is 17.2 Å². The molecule has 0 radical (unpaired) electrons. The molecular formula is C25H42N6O7. The van der Waals surface area contributed by atoms with Gasteiger partial charge >= 0.3 is 5.97 Å². The summed E-state index contributed by atoms with van der Waals surface area (Å²) in [7, 11) is 0. The number of nitrogens with two attached hydrogens (primary N) is 3. The molecule has 3 amide bonds. The van der Waals surface area contributed by atoms with Gasteiger partial charge in [0.05, 0.1) is 12.6 Å². The van der Waals surface area contributed by atoms with Gasteiger partial charge in [0.2, 0.25) is 17.7 Å². The molecule has 0 bridgehead atoms. The third-order valence-corrected chi connectivity index (χ3v) is 5.23. The highest BCUT2D eigenvalue weighted by Crippen LogP contribution is 2.06. The Morgan fingerprint density at radius 1 is 0.816 bits per heavy atom. The van der Waals surface area contributed by atoms with Gasteiger partial charge in [-0.2, -0.15) is 0 Å². The highest BCUT2D eigenvalue weighted by atomic mass is 16.4. The zero-order chi connectivity index (χ0) is 28.9. The van der Waals surface area contributed by atoms with Crippen molar-refractivity contribution in [1.29, 1.82) is 0 Å². The molecule has 0 spiro atoms. The molecule has 0 unspecified atom stereocenters. The number of rotatable bonds is 17. The fourth-order valence-corrected chi connectivity index (χ4v) is 3.26. The smallest absolute Gasteiger partial charge is 0.326 e. The molecule has 1 aromatic carbocycles. The van der Waals surface area contributed by atoms with E-state index in [1.807, 2.05) is 30.3 Å². The van der Waals surface area contributed by atoms with Crippen molar-refractivity contribution in [3.63, 3.8) is 0 Å². The van der Waals surface area contributed by atoms with Crippen LogP contribution in [0.1, 0.15) is 51.0 Å². The number of carboxylic acids is 2. The largest absolute Gasteiger partial charge is 0.481 e. The van der Waals surface area contributed by atoms with E-state index < -0.39 is 54.3 Å². The normalized spacial score (nSPS) is 12.6. The number of amides is 3. The van der Waals surface area contributed by atoms with Crippen molar-refractivity contribution < 1.29 is 34.2 Å². The second-order valence-corrected chi connectivity index (χ2v) is 8.62.